The number of hydrogen-bond acceptors (Lipinski definition) is 6. The topological polar surface area (TPSA) is 69.4 Å². The summed E-state index contributed by atoms with van der Waals surface area (Å²) in [7, 11) is 0. The Morgan fingerprint density at radius 3 is 2.88 bits per heavy atom. The molecular formula is C17H22N4O3S. The number of thiophene rings is 1. The van der Waals surface area contributed by atoms with Gasteiger partial charge >= 0.3 is 11.1 Å². The van der Waals surface area contributed by atoms with Crippen LogP contribution in [0.15, 0.2) is 26.4 Å². The lowest BCUT2D eigenvalue weighted by atomic mass is 10.0. The Bertz CT molecular complexity index is 886. The van der Waals surface area contributed by atoms with Gasteiger partial charge in [-0.15, -0.1) is 0 Å². The Morgan fingerprint density at radius 1 is 1.32 bits per heavy atom. The van der Waals surface area contributed by atoms with Gasteiger partial charge in [0.1, 0.15) is 12.2 Å². The van der Waals surface area contributed by atoms with Crippen molar-refractivity contribution in [2.45, 2.75) is 51.6 Å². The van der Waals surface area contributed by atoms with Crippen LogP contribution in [0.1, 0.15) is 37.7 Å². The van der Waals surface area contributed by atoms with Gasteiger partial charge in [-0.3, -0.25) is 19.1 Å². The molecule has 4 heterocycles. The minimum atomic E-state index is -0.552. The number of fused-ring (bicyclic) bond motifs is 1. The highest BCUT2D eigenvalue weighted by Gasteiger charge is 2.43. The van der Waals surface area contributed by atoms with Gasteiger partial charge in [0.15, 0.2) is 5.82 Å². The summed E-state index contributed by atoms with van der Waals surface area (Å²) in [4.78, 5) is 27.2. The Kier molecular flexibility index (Phi) is 4.13. The first kappa shape index (κ1) is 16.7. The van der Waals surface area contributed by atoms with Crippen molar-refractivity contribution in [3.05, 3.63) is 48.9 Å². The van der Waals surface area contributed by atoms with E-state index >= 15 is 0 Å². The number of ether oxygens (including phenoxy) is 1. The van der Waals surface area contributed by atoms with Gasteiger partial charge in [-0.05, 0) is 42.7 Å². The fourth-order valence-electron chi connectivity index (χ4n) is 3.68. The van der Waals surface area contributed by atoms with Gasteiger partial charge in [-0.25, -0.2) is 4.68 Å². The highest BCUT2D eigenvalue weighted by atomic mass is 32.1. The summed E-state index contributed by atoms with van der Waals surface area (Å²) < 4.78 is 8.94. The van der Waals surface area contributed by atoms with E-state index < -0.39 is 16.7 Å². The molecule has 2 aliphatic rings. The molecule has 1 spiro atoms. The minimum absolute atomic E-state index is 0.144. The molecule has 0 bridgehead atoms. The number of hydrogen-bond donors (Lipinski definition) is 0. The van der Waals surface area contributed by atoms with Gasteiger partial charge in [-0.2, -0.15) is 16.4 Å². The molecule has 0 aromatic carbocycles. The van der Waals surface area contributed by atoms with Gasteiger partial charge in [-0.1, -0.05) is 0 Å². The molecule has 1 fully saturated rings. The van der Waals surface area contributed by atoms with E-state index in [1.807, 2.05) is 13.8 Å². The quantitative estimate of drug-likeness (QED) is 0.768. The molecule has 1 unspecified atom stereocenters. The van der Waals surface area contributed by atoms with Crippen molar-refractivity contribution in [2.24, 2.45) is 0 Å². The maximum absolute atomic E-state index is 12.5. The van der Waals surface area contributed by atoms with Crippen LogP contribution in [-0.2, 0) is 24.4 Å². The van der Waals surface area contributed by atoms with Crippen molar-refractivity contribution >= 4 is 11.3 Å². The largest absolute Gasteiger partial charge is 0.364 e. The lowest BCUT2D eigenvalue weighted by molar-refractivity contribution is -0.0860. The molecule has 7 nitrogen and oxygen atoms in total. The van der Waals surface area contributed by atoms with Crippen LogP contribution in [0.5, 0.6) is 0 Å². The third kappa shape index (κ3) is 2.98. The first-order valence-corrected chi connectivity index (χ1v) is 9.52. The zero-order chi connectivity index (χ0) is 17.6. The molecule has 0 amide bonds. The van der Waals surface area contributed by atoms with Crippen LogP contribution in [0.25, 0.3) is 0 Å². The molecular weight excluding hydrogens is 340 g/mol. The third-order valence-corrected chi connectivity index (χ3v) is 5.73. The highest BCUT2D eigenvalue weighted by molar-refractivity contribution is 7.07. The van der Waals surface area contributed by atoms with Crippen LogP contribution in [-0.4, -0.2) is 37.9 Å². The lowest BCUT2D eigenvalue weighted by Crippen LogP contribution is -2.53. The minimum Gasteiger partial charge on any atom is -0.364 e. The molecule has 0 radical (unpaired) electrons. The number of nitrogens with zero attached hydrogens (tertiary/aromatic N) is 4. The first-order chi connectivity index (χ1) is 12.0. The molecule has 1 saturated heterocycles. The molecule has 4 rings (SSSR count). The molecule has 2 aromatic heterocycles. The first-order valence-electron chi connectivity index (χ1n) is 8.57. The molecule has 0 saturated carbocycles. The smallest absolute Gasteiger partial charge is 0.332 e. The van der Waals surface area contributed by atoms with Crippen molar-refractivity contribution in [3.63, 3.8) is 0 Å². The van der Waals surface area contributed by atoms with Crippen LogP contribution in [0.2, 0.25) is 0 Å². The fourth-order valence-corrected chi connectivity index (χ4v) is 4.34. The van der Waals surface area contributed by atoms with Crippen molar-refractivity contribution in [2.75, 3.05) is 13.1 Å². The Hall–Kier alpha value is -1.77. The number of aromatic nitrogens is 3. The standard InChI is InChI=1S/C17H22N4O3S/c1-12(2)21-16(23)15(22)20-11-17(24-8-14(20)18-21)4-5-19(10-17)7-13-3-6-25-9-13/h3,6,9,12H,4-5,7-8,10-11H2,1-2H3. The summed E-state index contributed by atoms with van der Waals surface area (Å²) in [5, 5.41) is 8.58. The number of likely N-dealkylation sites (tertiary alicyclic amines) is 1. The molecule has 25 heavy (non-hydrogen) atoms. The molecule has 8 heteroatoms. The number of rotatable bonds is 3. The van der Waals surface area contributed by atoms with Crippen LogP contribution < -0.4 is 11.1 Å². The molecule has 2 aliphatic heterocycles. The van der Waals surface area contributed by atoms with Gasteiger partial charge < -0.3 is 4.74 Å². The second-order valence-corrected chi connectivity index (χ2v) is 7.99. The van der Waals surface area contributed by atoms with E-state index in [-0.39, 0.29) is 12.6 Å². The molecule has 134 valence electrons. The van der Waals surface area contributed by atoms with E-state index in [0.717, 1.165) is 26.1 Å². The van der Waals surface area contributed by atoms with Gasteiger partial charge in [0.05, 0.1) is 12.6 Å². The van der Waals surface area contributed by atoms with Crippen LogP contribution in [0.3, 0.4) is 0 Å². The second-order valence-electron chi connectivity index (χ2n) is 7.21. The highest BCUT2D eigenvalue weighted by Crippen LogP contribution is 2.32. The van der Waals surface area contributed by atoms with E-state index in [2.05, 4.69) is 26.8 Å². The summed E-state index contributed by atoms with van der Waals surface area (Å²) in [5.41, 5.74) is -0.135. The summed E-state index contributed by atoms with van der Waals surface area (Å²) in [6, 6.07) is 1.99. The third-order valence-electron chi connectivity index (χ3n) is 5.00. The van der Waals surface area contributed by atoms with Gasteiger partial charge in [0, 0.05) is 19.6 Å². The summed E-state index contributed by atoms with van der Waals surface area (Å²) >= 11 is 1.70. The molecule has 2 aromatic rings. The van der Waals surface area contributed by atoms with Gasteiger partial charge in [0.25, 0.3) is 0 Å². The van der Waals surface area contributed by atoms with E-state index in [1.165, 1.54) is 14.8 Å². The van der Waals surface area contributed by atoms with Crippen molar-refractivity contribution < 1.29 is 4.74 Å². The Balaban J connectivity index is 1.58. The van der Waals surface area contributed by atoms with Crippen LogP contribution in [0.4, 0.5) is 0 Å². The predicted molar refractivity (Wildman–Crippen MR) is 94.9 cm³/mol. The van der Waals surface area contributed by atoms with Crippen LogP contribution >= 0.6 is 11.3 Å². The maximum atomic E-state index is 12.5. The van der Waals surface area contributed by atoms with E-state index in [0.29, 0.717) is 12.4 Å². The fraction of sp³-hybridized carbons (Fsp3) is 0.588. The van der Waals surface area contributed by atoms with Crippen LogP contribution in [0, 0.1) is 0 Å². The van der Waals surface area contributed by atoms with E-state index in [9.17, 15) is 9.59 Å². The Morgan fingerprint density at radius 2 is 2.16 bits per heavy atom. The molecule has 0 aliphatic carbocycles. The normalized spacial score (nSPS) is 23.5. The van der Waals surface area contributed by atoms with E-state index in [4.69, 9.17) is 4.74 Å². The monoisotopic (exact) mass is 362 g/mol. The average Bonchev–Trinajstić information content (AvgIpc) is 3.22. The van der Waals surface area contributed by atoms with Crippen molar-refractivity contribution in [1.29, 1.82) is 0 Å². The summed E-state index contributed by atoms with van der Waals surface area (Å²) in [6.45, 7) is 6.95. The van der Waals surface area contributed by atoms with Gasteiger partial charge in [0.2, 0.25) is 0 Å². The summed E-state index contributed by atoms with van der Waals surface area (Å²) in [5.74, 6) is 0.542. The second kappa shape index (κ2) is 6.19. The molecule has 0 N–H and O–H groups in total. The average molecular weight is 362 g/mol. The zero-order valence-corrected chi connectivity index (χ0v) is 15.3. The summed E-state index contributed by atoms with van der Waals surface area (Å²) in [6.07, 6.45) is 0.857. The van der Waals surface area contributed by atoms with Crippen molar-refractivity contribution in [1.82, 2.24) is 19.2 Å². The van der Waals surface area contributed by atoms with Crippen molar-refractivity contribution in [3.8, 4) is 0 Å². The Labute approximate surface area is 149 Å². The maximum Gasteiger partial charge on any atom is 0.332 e. The predicted octanol–water partition coefficient (Wildman–Crippen LogP) is 1.22. The lowest BCUT2D eigenvalue weighted by Gasteiger charge is -2.35. The van der Waals surface area contributed by atoms with E-state index in [1.54, 1.807) is 11.3 Å². The zero-order valence-electron chi connectivity index (χ0n) is 14.5. The SMILES string of the molecule is CC(C)n1nc2n(c(=O)c1=O)CC1(CCN(Cc3ccsc3)C1)OC2. The molecule has 1 atom stereocenters.